The van der Waals surface area contributed by atoms with Crippen molar-refractivity contribution < 1.29 is 9.53 Å². The van der Waals surface area contributed by atoms with Crippen LogP contribution in [0.4, 0.5) is 0 Å². The van der Waals surface area contributed by atoms with Gasteiger partial charge in [0, 0.05) is 25.7 Å². The quantitative estimate of drug-likeness (QED) is 0.791. The minimum absolute atomic E-state index is 0.211. The van der Waals surface area contributed by atoms with Crippen LogP contribution >= 0.6 is 0 Å². The van der Waals surface area contributed by atoms with Crippen LogP contribution in [0.25, 0.3) is 0 Å². The van der Waals surface area contributed by atoms with Gasteiger partial charge in [0.05, 0.1) is 12.1 Å². The zero-order chi connectivity index (χ0) is 14.1. The Labute approximate surface area is 122 Å². The van der Waals surface area contributed by atoms with Crippen LogP contribution in [0.1, 0.15) is 46.0 Å². The third kappa shape index (κ3) is 2.86. The van der Waals surface area contributed by atoms with Crippen molar-refractivity contribution in [1.82, 2.24) is 9.80 Å². The van der Waals surface area contributed by atoms with Crippen molar-refractivity contribution in [2.75, 3.05) is 26.2 Å². The maximum atomic E-state index is 12.3. The van der Waals surface area contributed by atoms with Crippen LogP contribution in [0.15, 0.2) is 0 Å². The van der Waals surface area contributed by atoms with Crippen LogP contribution in [-0.2, 0) is 9.53 Å². The summed E-state index contributed by atoms with van der Waals surface area (Å²) in [5.74, 6) is 0.932. The van der Waals surface area contributed by atoms with Gasteiger partial charge in [-0.3, -0.25) is 9.69 Å². The molecular weight excluding hydrogens is 252 g/mol. The van der Waals surface area contributed by atoms with Gasteiger partial charge >= 0.3 is 0 Å². The van der Waals surface area contributed by atoms with Gasteiger partial charge in [-0.2, -0.15) is 0 Å². The molecule has 0 radical (unpaired) electrons. The van der Waals surface area contributed by atoms with Crippen molar-refractivity contribution in [3.8, 4) is 0 Å². The smallest absolute Gasteiger partial charge is 0.248 e. The van der Waals surface area contributed by atoms with Gasteiger partial charge in [-0.1, -0.05) is 19.3 Å². The molecule has 2 saturated heterocycles. The van der Waals surface area contributed by atoms with Gasteiger partial charge < -0.3 is 9.64 Å². The molecule has 1 amide bonds. The predicted molar refractivity (Wildman–Crippen MR) is 78.5 cm³/mol. The topological polar surface area (TPSA) is 32.8 Å². The minimum atomic E-state index is 0.211. The highest BCUT2D eigenvalue weighted by Crippen LogP contribution is 2.29. The summed E-state index contributed by atoms with van der Waals surface area (Å²) in [6.07, 6.45) is 6.90. The molecule has 0 aromatic heterocycles. The number of carbonyl (C=O) groups is 1. The largest absolute Gasteiger partial charge is 0.365 e. The van der Waals surface area contributed by atoms with Crippen molar-refractivity contribution in [2.24, 2.45) is 5.92 Å². The summed E-state index contributed by atoms with van der Waals surface area (Å²) >= 11 is 0. The third-order valence-electron chi connectivity index (χ3n) is 5.32. The first kappa shape index (κ1) is 14.3. The second-order valence-electron chi connectivity index (χ2n) is 7.01. The van der Waals surface area contributed by atoms with Gasteiger partial charge in [-0.05, 0) is 32.6 Å². The van der Waals surface area contributed by atoms with E-state index in [1.165, 1.54) is 32.1 Å². The van der Waals surface area contributed by atoms with E-state index in [1.807, 2.05) is 0 Å². The molecule has 0 bridgehead atoms. The Morgan fingerprint density at radius 3 is 2.65 bits per heavy atom. The van der Waals surface area contributed by atoms with Crippen molar-refractivity contribution in [1.29, 1.82) is 0 Å². The zero-order valence-corrected chi connectivity index (χ0v) is 12.9. The molecule has 2 atom stereocenters. The Bertz CT molecular complexity index is 352. The molecule has 0 aromatic carbocycles. The summed E-state index contributed by atoms with van der Waals surface area (Å²) < 4.78 is 5.78. The Hall–Kier alpha value is -0.610. The van der Waals surface area contributed by atoms with E-state index < -0.39 is 0 Å². The number of fused-ring (bicyclic) bond motifs is 1. The SMILES string of the molecule is CC(C)N1C[C@@H]2OCC(=O)N(CC3CCCCC3)[C@@H]2C1. The normalized spacial score (nSPS) is 33.0. The van der Waals surface area contributed by atoms with E-state index in [0.717, 1.165) is 25.6 Å². The van der Waals surface area contributed by atoms with Crippen LogP contribution in [0.5, 0.6) is 0 Å². The summed E-state index contributed by atoms with van der Waals surface area (Å²) in [4.78, 5) is 16.9. The lowest BCUT2D eigenvalue weighted by molar-refractivity contribution is -0.154. The highest BCUT2D eigenvalue weighted by atomic mass is 16.5. The molecule has 4 heteroatoms. The monoisotopic (exact) mass is 280 g/mol. The Balaban J connectivity index is 1.66. The lowest BCUT2D eigenvalue weighted by Gasteiger charge is -2.39. The molecular formula is C16H28N2O2. The molecule has 20 heavy (non-hydrogen) atoms. The molecule has 2 aliphatic heterocycles. The van der Waals surface area contributed by atoms with Crippen LogP contribution < -0.4 is 0 Å². The number of nitrogens with zero attached hydrogens (tertiary/aromatic N) is 2. The van der Waals surface area contributed by atoms with E-state index in [0.29, 0.717) is 18.7 Å². The lowest BCUT2D eigenvalue weighted by Crippen LogP contribution is -2.55. The first-order valence-corrected chi connectivity index (χ1v) is 8.30. The van der Waals surface area contributed by atoms with Crippen molar-refractivity contribution in [2.45, 2.75) is 64.1 Å². The molecule has 2 heterocycles. The Morgan fingerprint density at radius 2 is 1.95 bits per heavy atom. The molecule has 0 unspecified atom stereocenters. The van der Waals surface area contributed by atoms with Crippen molar-refractivity contribution >= 4 is 5.91 Å². The molecule has 1 aliphatic carbocycles. The second-order valence-corrected chi connectivity index (χ2v) is 7.01. The average molecular weight is 280 g/mol. The van der Waals surface area contributed by atoms with Gasteiger partial charge in [-0.15, -0.1) is 0 Å². The number of likely N-dealkylation sites (tertiary alicyclic amines) is 1. The summed E-state index contributed by atoms with van der Waals surface area (Å²) in [7, 11) is 0. The maximum Gasteiger partial charge on any atom is 0.248 e. The molecule has 3 rings (SSSR count). The van der Waals surface area contributed by atoms with Crippen LogP contribution in [-0.4, -0.2) is 60.1 Å². The number of amides is 1. The van der Waals surface area contributed by atoms with Crippen LogP contribution in [0.2, 0.25) is 0 Å². The molecule has 0 spiro atoms. The lowest BCUT2D eigenvalue weighted by atomic mass is 9.88. The van der Waals surface area contributed by atoms with Gasteiger partial charge in [-0.25, -0.2) is 0 Å². The highest BCUT2D eigenvalue weighted by molar-refractivity contribution is 5.78. The maximum absolute atomic E-state index is 12.3. The fourth-order valence-corrected chi connectivity index (χ4v) is 4.00. The van der Waals surface area contributed by atoms with Gasteiger partial charge in [0.15, 0.2) is 0 Å². The standard InChI is InChI=1S/C16H28N2O2/c1-12(2)17-9-14-15(10-17)20-11-16(19)18(14)8-13-6-4-3-5-7-13/h12-15H,3-11H2,1-2H3/t14-,15+/m1/s1. The number of hydrogen-bond acceptors (Lipinski definition) is 3. The van der Waals surface area contributed by atoms with Crippen molar-refractivity contribution in [3.63, 3.8) is 0 Å². The predicted octanol–water partition coefficient (Wildman–Crippen LogP) is 1.89. The molecule has 4 nitrogen and oxygen atoms in total. The zero-order valence-electron chi connectivity index (χ0n) is 12.9. The van der Waals surface area contributed by atoms with Gasteiger partial charge in [0.2, 0.25) is 5.91 Å². The fraction of sp³-hybridized carbons (Fsp3) is 0.938. The molecule has 0 N–H and O–H groups in total. The van der Waals surface area contributed by atoms with E-state index in [2.05, 4.69) is 23.6 Å². The first-order valence-electron chi connectivity index (χ1n) is 8.30. The van der Waals surface area contributed by atoms with E-state index in [4.69, 9.17) is 4.74 Å². The molecule has 3 fully saturated rings. The van der Waals surface area contributed by atoms with E-state index in [-0.39, 0.29) is 12.0 Å². The van der Waals surface area contributed by atoms with Crippen LogP contribution in [0.3, 0.4) is 0 Å². The molecule has 114 valence electrons. The molecule has 0 aromatic rings. The molecule has 3 aliphatic rings. The van der Waals surface area contributed by atoms with Crippen LogP contribution in [0, 0.1) is 5.92 Å². The Morgan fingerprint density at radius 1 is 1.20 bits per heavy atom. The highest BCUT2D eigenvalue weighted by Gasteiger charge is 2.44. The van der Waals surface area contributed by atoms with Gasteiger partial charge in [0.1, 0.15) is 6.61 Å². The van der Waals surface area contributed by atoms with E-state index in [1.54, 1.807) is 0 Å². The van der Waals surface area contributed by atoms with Gasteiger partial charge in [0.25, 0.3) is 0 Å². The Kier molecular flexibility index (Phi) is 4.32. The molecule has 1 saturated carbocycles. The fourth-order valence-electron chi connectivity index (χ4n) is 4.00. The minimum Gasteiger partial charge on any atom is -0.365 e. The van der Waals surface area contributed by atoms with E-state index in [9.17, 15) is 4.79 Å². The summed E-state index contributed by atoms with van der Waals surface area (Å²) in [5.41, 5.74) is 0. The number of ether oxygens (including phenoxy) is 1. The summed E-state index contributed by atoms with van der Waals surface area (Å²) in [6.45, 7) is 7.68. The number of morpholine rings is 1. The average Bonchev–Trinajstić information content (AvgIpc) is 2.88. The number of carbonyl (C=O) groups excluding carboxylic acids is 1. The van der Waals surface area contributed by atoms with Crippen molar-refractivity contribution in [3.05, 3.63) is 0 Å². The first-order chi connectivity index (χ1) is 9.65. The number of hydrogen-bond donors (Lipinski definition) is 0. The number of rotatable bonds is 3. The van der Waals surface area contributed by atoms with E-state index >= 15 is 0 Å². The third-order valence-corrected chi connectivity index (χ3v) is 5.32. The summed E-state index contributed by atoms with van der Waals surface area (Å²) in [6, 6.07) is 0.830. The second kappa shape index (κ2) is 6.02. The summed E-state index contributed by atoms with van der Waals surface area (Å²) in [5, 5.41) is 0.